The molecule has 0 heterocycles. The molecule has 3 aliphatic carbocycles. The molecule has 12 heteroatoms. The molecular weight excluding hydrogens is 618 g/mol. The van der Waals surface area contributed by atoms with E-state index in [0.717, 1.165) is 70.6 Å². The van der Waals surface area contributed by atoms with Crippen LogP contribution in [0.4, 0.5) is 0 Å². The molecule has 3 saturated carbocycles. The lowest BCUT2D eigenvalue weighted by Crippen LogP contribution is -2.54. The van der Waals surface area contributed by atoms with Crippen LogP contribution >= 0.6 is 0 Å². The highest BCUT2D eigenvalue weighted by atomic mass is 32.2. The Bertz CT molecular complexity index is 1090. The van der Waals surface area contributed by atoms with E-state index in [1.807, 2.05) is 18.7 Å². The van der Waals surface area contributed by atoms with Gasteiger partial charge in [-0.1, -0.05) is 65.2 Å². The zero-order chi connectivity index (χ0) is 34.6. The first-order chi connectivity index (χ1) is 22.3. The summed E-state index contributed by atoms with van der Waals surface area (Å²) in [5.74, 6) is -1.08. The van der Waals surface area contributed by atoms with Crippen molar-refractivity contribution in [2.75, 3.05) is 46.5 Å². The Morgan fingerprint density at radius 2 is 1.28 bits per heavy atom. The number of carbonyl (C=O) groups is 3. The Balaban J connectivity index is 1.73. The van der Waals surface area contributed by atoms with E-state index in [2.05, 4.69) is 10.1 Å². The number of likely N-dealkylation sites (N-methyl/N-ethyl adjacent to an activating group) is 1. The summed E-state index contributed by atoms with van der Waals surface area (Å²) >= 11 is 0. The molecule has 0 aromatic rings. The molecule has 0 aliphatic heterocycles. The number of hydrogen-bond acceptors (Lipinski definition) is 7. The van der Waals surface area contributed by atoms with Crippen LogP contribution in [0.5, 0.6) is 0 Å². The Morgan fingerprint density at radius 3 is 1.81 bits per heavy atom. The van der Waals surface area contributed by atoms with E-state index in [0.29, 0.717) is 44.7 Å². The van der Waals surface area contributed by atoms with Gasteiger partial charge in [-0.2, -0.15) is 0 Å². The van der Waals surface area contributed by atoms with Crippen molar-refractivity contribution >= 4 is 27.7 Å². The summed E-state index contributed by atoms with van der Waals surface area (Å²) < 4.78 is 25.9. The van der Waals surface area contributed by atoms with Gasteiger partial charge in [0.2, 0.25) is 27.7 Å². The third-order valence-corrected chi connectivity index (χ3v) is 12.1. The standard InChI is InChI=1S/C35H65N5O6S/c1-6-18-40(19-7-2)35(44)30-22-28(21-29(23-30)34(43)38(3)4)33(42)36-31(20-26-14-10-8-11-15-26)32(41)24-39(5)37-47(45,46)25-27-16-12-9-13-17-27/h26-32,37,41H,6-25H2,1-5H3,(H,36,42). The van der Waals surface area contributed by atoms with Gasteiger partial charge in [-0.25, -0.2) is 13.4 Å². The Labute approximate surface area is 285 Å². The Kier molecular flexibility index (Phi) is 16.4. The van der Waals surface area contributed by atoms with E-state index in [4.69, 9.17) is 0 Å². The SMILES string of the molecule is CCCN(CCC)C(=O)C1CC(C(=O)NC(CC2CCCCC2)C(O)CN(C)NS(=O)(=O)CC2CCCCC2)CC(C(=O)N(C)C)C1. The van der Waals surface area contributed by atoms with Crippen molar-refractivity contribution in [1.29, 1.82) is 0 Å². The Hall–Kier alpha value is -1.76. The second-order valence-electron chi connectivity index (χ2n) is 15.0. The maximum absolute atomic E-state index is 14.0. The molecule has 0 saturated heterocycles. The predicted molar refractivity (Wildman–Crippen MR) is 185 cm³/mol. The zero-order valence-corrected chi connectivity index (χ0v) is 30.7. The van der Waals surface area contributed by atoms with Crippen molar-refractivity contribution in [3.05, 3.63) is 0 Å². The highest BCUT2D eigenvalue weighted by Gasteiger charge is 2.41. The molecule has 3 N–H and O–H groups in total. The molecular formula is C35H65N5O6S. The van der Waals surface area contributed by atoms with E-state index in [1.165, 1.54) is 11.4 Å². The highest BCUT2D eigenvalue weighted by Crippen LogP contribution is 2.36. The summed E-state index contributed by atoms with van der Waals surface area (Å²) in [5, 5.41) is 16.1. The number of aliphatic hydroxyl groups excluding tert-OH is 1. The molecule has 272 valence electrons. The maximum atomic E-state index is 14.0. The first kappa shape index (κ1) is 39.7. The highest BCUT2D eigenvalue weighted by molar-refractivity contribution is 7.89. The summed E-state index contributed by atoms with van der Waals surface area (Å²) in [6.07, 6.45) is 13.1. The molecule has 0 aromatic heterocycles. The zero-order valence-electron chi connectivity index (χ0n) is 29.9. The number of aliphatic hydroxyl groups is 1. The number of hydrogen-bond donors (Lipinski definition) is 3. The summed E-state index contributed by atoms with van der Waals surface area (Å²) in [4.78, 5) is 47.0. The van der Waals surface area contributed by atoms with E-state index >= 15 is 0 Å². The van der Waals surface area contributed by atoms with Gasteiger partial charge >= 0.3 is 0 Å². The number of nitrogens with zero attached hydrogens (tertiary/aromatic N) is 3. The van der Waals surface area contributed by atoms with E-state index in [-0.39, 0.29) is 35.9 Å². The van der Waals surface area contributed by atoms with Crippen LogP contribution in [0.1, 0.15) is 117 Å². The molecule has 0 bridgehead atoms. The van der Waals surface area contributed by atoms with Gasteiger partial charge in [0.15, 0.2) is 0 Å². The lowest BCUT2D eigenvalue weighted by Gasteiger charge is -2.38. The van der Waals surface area contributed by atoms with Crippen molar-refractivity contribution in [2.45, 2.75) is 129 Å². The Morgan fingerprint density at radius 1 is 0.766 bits per heavy atom. The maximum Gasteiger partial charge on any atom is 0.225 e. The third kappa shape index (κ3) is 12.9. The van der Waals surface area contributed by atoms with Gasteiger partial charge in [-0.05, 0) is 63.2 Å². The van der Waals surface area contributed by atoms with Gasteiger partial charge in [0.05, 0.1) is 17.9 Å². The molecule has 3 amide bonds. The average molecular weight is 684 g/mol. The summed E-state index contributed by atoms with van der Waals surface area (Å²) in [7, 11) is 1.47. The second kappa shape index (κ2) is 19.4. The predicted octanol–water partition coefficient (Wildman–Crippen LogP) is 3.92. The minimum absolute atomic E-state index is 0.0173. The normalized spacial score (nSPS) is 24.4. The second-order valence-corrected chi connectivity index (χ2v) is 16.8. The monoisotopic (exact) mass is 683 g/mol. The third-order valence-electron chi connectivity index (χ3n) is 10.6. The van der Waals surface area contributed by atoms with Crippen LogP contribution in [0.2, 0.25) is 0 Å². The van der Waals surface area contributed by atoms with Crippen LogP contribution in [-0.2, 0) is 24.4 Å². The molecule has 0 aromatic carbocycles. The lowest BCUT2D eigenvalue weighted by molar-refractivity contribution is -0.143. The van der Waals surface area contributed by atoms with Crippen molar-refractivity contribution in [3.8, 4) is 0 Å². The number of sulfonamides is 1. The van der Waals surface area contributed by atoms with E-state index in [1.54, 1.807) is 26.0 Å². The average Bonchev–Trinajstić information content (AvgIpc) is 3.03. The number of amides is 3. The summed E-state index contributed by atoms with van der Waals surface area (Å²) in [6.45, 7) is 5.42. The van der Waals surface area contributed by atoms with Crippen LogP contribution < -0.4 is 10.1 Å². The molecule has 5 unspecified atom stereocenters. The van der Waals surface area contributed by atoms with Gasteiger partial charge in [-0.15, -0.1) is 4.83 Å². The molecule has 0 spiro atoms. The lowest BCUT2D eigenvalue weighted by atomic mass is 9.73. The van der Waals surface area contributed by atoms with Crippen molar-refractivity contribution in [2.24, 2.45) is 29.6 Å². The van der Waals surface area contributed by atoms with Crippen LogP contribution in [0.25, 0.3) is 0 Å². The summed E-state index contributed by atoms with van der Waals surface area (Å²) in [5.41, 5.74) is 0. The van der Waals surface area contributed by atoms with Crippen molar-refractivity contribution in [1.82, 2.24) is 25.0 Å². The number of rotatable bonds is 17. The smallest absolute Gasteiger partial charge is 0.225 e. The first-order valence-corrected chi connectivity index (χ1v) is 20.2. The van der Waals surface area contributed by atoms with Crippen LogP contribution in [-0.4, -0.2) is 105 Å². The van der Waals surface area contributed by atoms with Crippen molar-refractivity contribution < 1.29 is 27.9 Å². The van der Waals surface area contributed by atoms with Crippen LogP contribution in [0.3, 0.4) is 0 Å². The first-order valence-electron chi connectivity index (χ1n) is 18.5. The van der Waals surface area contributed by atoms with E-state index in [9.17, 15) is 27.9 Å². The summed E-state index contributed by atoms with van der Waals surface area (Å²) in [6, 6.07) is -0.577. The van der Waals surface area contributed by atoms with Gasteiger partial charge < -0.3 is 20.2 Å². The minimum Gasteiger partial charge on any atom is -0.390 e. The molecule has 5 atom stereocenters. The fourth-order valence-corrected chi connectivity index (χ4v) is 9.79. The molecule has 3 aliphatic rings. The minimum atomic E-state index is -3.56. The number of hydrazine groups is 1. The van der Waals surface area contributed by atoms with Crippen LogP contribution in [0, 0.1) is 29.6 Å². The quantitative estimate of drug-likeness (QED) is 0.198. The number of carbonyl (C=O) groups excluding carboxylic acids is 3. The van der Waals surface area contributed by atoms with Crippen LogP contribution in [0.15, 0.2) is 0 Å². The number of nitrogens with one attached hydrogen (secondary N) is 2. The van der Waals surface area contributed by atoms with Crippen molar-refractivity contribution in [3.63, 3.8) is 0 Å². The molecule has 47 heavy (non-hydrogen) atoms. The van der Waals surface area contributed by atoms with Gasteiger partial charge in [0, 0.05) is 58.5 Å². The van der Waals surface area contributed by atoms with Gasteiger partial charge in [0.25, 0.3) is 0 Å². The molecule has 0 radical (unpaired) electrons. The fraction of sp³-hybridized carbons (Fsp3) is 0.914. The largest absolute Gasteiger partial charge is 0.390 e. The fourth-order valence-electron chi connectivity index (χ4n) is 8.21. The topological polar surface area (TPSA) is 139 Å². The van der Waals surface area contributed by atoms with Gasteiger partial charge in [-0.3, -0.25) is 14.4 Å². The van der Waals surface area contributed by atoms with E-state index < -0.39 is 39.9 Å². The molecule has 11 nitrogen and oxygen atoms in total. The molecule has 3 rings (SSSR count). The van der Waals surface area contributed by atoms with Gasteiger partial charge in [0.1, 0.15) is 0 Å². The molecule has 3 fully saturated rings.